The monoisotopic (exact) mass is 234 g/mol. The van der Waals surface area contributed by atoms with Gasteiger partial charge in [0, 0.05) is 0 Å². The first kappa shape index (κ1) is 12.2. The molecule has 1 aliphatic rings. The van der Waals surface area contributed by atoms with Gasteiger partial charge >= 0.3 is 0 Å². The predicted octanol–water partition coefficient (Wildman–Crippen LogP) is 2.48. The highest BCUT2D eigenvalue weighted by Gasteiger charge is 2.20. The van der Waals surface area contributed by atoms with Gasteiger partial charge in [-0.1, -0.05) is 13.0 Å². The Labute approximate surface area is 104 Å². The Kier molecular flexibility index (Phi) is 3.89. The topological polar surface area (TPSA) is 38.5 Å². The van der Waals surface area contributed by atoms with Crippen molar-refractivity contribution in [2.45, 2.75) is 25.7 Å². The van der Waals surface area contributed by atoms with Crippen LogP contribution in [0.1, 0.15) is 31.2 Å². The van der Waals surface area contributed by atoms with E-state index in [0.717, 1.165) is 18.0 Å². The SMILES string of the molecule is CCN1CCC(c2ccc(N)c(OC)c2)CC1. The molecule has 94 valence electrons. The van der Waals surface area contributed by atoms with Gasteiger partial charge in [0.1, 0.15) is 5.75 Å². The first-order valence-corrected chi connectivity index (χ1v) is 6.40. The van der Waals surface area contributed by atoms with E-state index >= 15 is 0 Å². The summed E-state index contributed by atoms with van der Waals surface area (Å²) in [5.74, 6) is 1.47. The van der Waals surface area contributed by atoms with Crippen molar-refractivity contribution in [1.29, 1.82) is 0 Å². The maximum Gasteiger partial charge on any atom is 0.142 e. The molecule has 0 radical (unpaired) electrons. The Morgan fingerprint density at radius 2 is 2.06 bits per heavy atom. The number of nitrogens with zero attached hydrogens (tertiary/aromatic N) is 1. The molecule has 0 aliphatic carbocycles. The lowest BCUT2D eigenvalue weighted by Gasteiger charge is -2.31. The molecule has 0 spiro atoms. The van der Waals surface area contributed by atoms with Crippen LogP contribution in [0.2, 0.25) is 0 Å². The number of piperidine rings is 1. The van der Waals surface area contributed by atoms with Crippen molar-refractivity contribution in [1.82, 2.24) is 4.90 Å². The van der Waals surface area contributed by atoms with E-state index in [-0.39, 0.29) is 0 Å². The molecule has 3 nitrogen and oxygen atoms in total. The van der Waals surface area contributed by atoms with Gasteiger partial charge in [-0.05, 0) is 56.1 Å². The number of rotatable bonds is 3. The second-order valence-electron chi connectivity index (χ2n) is 4.71. The average molecular weight is 234 g/mol. The molecule has 2 N–H and O–H groups in total. The van der Waals surface area contributed by atoms with E-state index in [1.165, 1.54) is 31.5 Å². The van der Waals surface area contributed by atoms with Crippen LogP contribution in [0.4, 0.5) is 5.69 Å². The number of likely N-dealkylation sites (tertiary alicyclic amines) is 1. The summed E-state index contributed by atoms with van der Waals surface area (Å²) in [6, 6.07) is 6.20. The minimum absolute atomic E-state index is 0.660. The van der Waals surface area contributed by atoms with Crippen LogP contribution in [0.3, 0.4) is 0 Å². The maximum absolute atomic E-state index is 5.84. The molecule has 1 fully saturated rings. The molecular formula is C14H22N2O. The second-order valence-corrected chi connectivity index (χ2v) is 4.71. The highest BCUT2D eigenvalue weighted by molar-refractivity contribution is 5.54. The van der Waals surface area contributed by atoms with Gasteiger partial charge in [-0.15, -0.1) is 0 Å². The molecule has 0 atom stereocenters. The smallest absolute Gasteiger partial charge is 0.142 e. The summed E-state index contributed by atoms with van der Waals surface area (Å²) in [5.41, 5.74) is 7.93. The molecular weight excluding hydrogens is 212 g/mol. The molecule has 0 unspecified atom stereocenters. The fourth-order valence-corrected chi connectivity index (χ4v) is 2.56. The van der Waals surface area contributed by atoms with Gasteiger partial charge in [-0.25, -0.2) is 0 Å². The van der Waals surface area contributed by atoms with Crippen LogP contribution in [0.15, 0.2) is 18.2 Å². The molecule has 0 aromatic heterocycles. The third-order valence-electron chi connectivity index (χ3n) is 3.76. The molecule has 1 aliphatic heterocycles. The summed E-state index contributed by atoms with van der Waals surface area (Å²) in [5, 5.41) is 0. The summed E-state index contributed by atoms with van der Waals surface area (Å²) in [6.07, 6.45) is 2.47. The van der Waals surface area contributed by atoms with E-state index in [4.69, 9.17) is 10.5 Å². The summed E-state index contributed by atoms with van der Waals surface area (Å²) < 4.78 is 5.28. The highest BCUT2D eigenvalue weighted by Crippen LogP contribution is 2.32. The van der Waals surface area contributed by atoms with Crippen molar-refractivity contribution in [2.75, 3.05) is 32.5 Å². The highest BCUT2D eigenvalue weighted by atomic mass is 16.5. The number of nitrogens with two attached hydrogens (primary N) is 1. The van der Waals surface area contributed by atoms with Gasteiger partial charge in [0.2, 0.25) is 0 Å². The third kappa shape index (κ3) is 2.72. The van der Waals surface area contributed by atoms with Crippen molar-refractivity contribution in [3.63, 3.8) is 0 Å². The number of methoxy groups -OCH3 is 1. The van der Waals surface area contributed by atoms with E-state index in [9.17, 15) is 0 Å². The Balaban J connectivity index is 2.08. The van der Waals surface area contributed by atoms with Crippen LogP contribution in [-0.2, 0) is 0 Å². The van der Waals surface area contributed by atoms with E-state index in [1.807, 2.05) is 6.07 Å². The van der Waals surface area contributed by atoms with Crippen LogP contribution in [0.5, 0.6) is 5.75 Å². The third-order valence-corrected chi connectivity index (χ3v) is 3.76. The number of nitrogen functional groups attached to an aromatic ring is 1. The molecule has 1 heterocycles. The molecule has 0 amide bonds. The van der Waals surface area contributed by atoms with Crippen LogP contribution in [-0.4, -0.2) is 31.6 Å². The van der Waals surface area contributed by atoms with Crippen molar-refractivity contribution in [3.05, 3.63) is 23.8 Å². The molecule has 1 aromatic carbocycles. The van der Waals surface area contributed by atoms with E-state index in [1.54, 1.807) is 7.11 Å². The van der Waals surface area contributed by atoms with Gasteiger partial charge in [-0.2, -0.15) is 0 Å². The van der Waals surface area contributed by atoms with Gasteiger partial charge in [0.15, 0.2) is 0 Å². The summed E-state index contributed by atoms with van der Waals surface area (Å²) in [7, 11) is 1.68. The standard InChI is InChI=1S/C14H22N2O/c1-3-16-8-6-11(7-9-16)12-4-5-13(15)14(10-12)17-2/h4-5,10-11H,3,6-9,15H2,1-2H3. The lowest BCUT2D eigenvalue weighted by atomic mass is 9.89. The Morgan fingerprint density at radius 3 is 2.65 bits per heavy atom. The zero-order chi connectivity index (χ0) is 12.3. The molecule has 1 saturated heterocycles. The average Bonchev–Trinajstić information content (AvgIpc) is 2.39. The number of hydrogen-bond donors (Lipinski definition) is 1. The molecule has 0 saturated carbocycles. The van der Waals surface area contributed by atoms with E-state index in [2.05, 4.69) is 24.0 Å². The largest absolute Gasteiger partial charge is 0.495 e. The van der Waals surface area contributed by atoms with Crippen molar-refractivity contribution >= 4 is 5.69 Å². The Bertz CT molecular complexity index is 370. The molecule has 17 heavy (non-hydrogen) atoms. The summed E-state index contributed by atoms with van der Waals surface area (Å²) in [6.45, 7) is 5.80. The first-order valence-electron chi connectivity index (χ1n) is 6.40. The van der Waals surface area contributed by atoms with Crippen LogP contribution < -0.4 is 10.5 Å². The maximum atomic E-state index is 5.84. The Hall–Kier alpha value is -1.22. The second kappa shape index (κ2) is 5.41. The lowest BCUT2D eigenvalue weighted by Crippen LogP contribution is -2.32. The number of benzene rings is 1. The number of anilines is 1. The van der Waals surface area contributed by atoms with Gasteiger partial charge < -0.3 is 15.4 Å². The predicted molar refractivity (Wildman–Crippen MR) is 71.5 cm³/mol. The summed E-state index contributed by atoms with van der Waals surface area (Å²) in [4.78, 5) is 2.50. The lowest BCUT2D eigenvalue weighted by molar-refractivity contribution is 0.222. The van der Waals surface area contributed by atoms with E-state index in [0.29, 0.717) is 5.92 Å². The Morgan fingerprint density at radius 1 is 1.35 bits per heavy atom. The normalized spacial score (nSPS) is 18.2. The van der Waals surface area contributed by atoms with Crippen molar-refractivity contribution in [3.8, 4) is 5.75 Å². The molecule has 2 rings (SSSR count). The van der Waals surface area contributed by atoms with Crippen LogP contribution in [0, 0.1) is 0 Å². The minimum Gasteiger partial charge on any atom is -0.495 e. The number of hydrogen-bond acceptors (Lipinski definition) is 3. The van der Waals surface area contributed by atoms with Gasteiger partial charge in [-0.3, -0.25) is 0 Å². The zero-order valence-corrected chi connectivity index (χ0v) is 10.8. The minimum atomic E-state index is 0.660. The summed E-state index contributed by atoms with van der Waals surface area (Å²) >= 11 is 0. The van der Waals surface area contributed by atoms with Gasteiger partial charge in [0.25, 0.3) is 0 Å². The quantitative estimate of drug-likeness (QED) is 0.817. The van der Waals surface area contributed by atoms with Crippen LogP contribution in [0.25, 0.3) is 0 Å². The molecule has 1 aromatic rings. The van der Waals surface area contributed by atoms with Crippen molar-refractivity contribution < 1.29 is 4.74 Å². The number of ether oxygens (including phenoxy) is 1. The molecule has 3 heteroatoms. The molecule has 0 bridgehead atoms. The van der Waals surface area contributed by atoms with Gasteiger partial charge in [0.05, 0.1) is 12.8 Å². The van der Waals surface area contributed by atoms with Crippen molar-refractivity contribution in [2.24, 2.45) is 0 Å². The first-order chi connectivity index (χ1) is 8.24. The van der Waals surface area contributed by atoms with E-state index < -0.39 is 0 Å². The zero-order valence-electron chi connectivity index (χ0n) is 10.8. The fraction of sp³-hybridized carbons (Fsp3) is 0.571. The van der Waals surface area contributed by atoms with Crippen LogP contribution >= 0.6 is 0 Å². The fourth-order valence-electron chi connectivity index (χ4n) is 2.56.